The molecular formula is C26H31N3O3. The predicted molar refractivity (Wildman–Crippen MR) is 124 cm³/mol. The molecule has 1 amide bonds. The van der Waals surface area contributed by atoms with Crippen LogP contribution in [0.15, 0.2) is 48.2 Å². The summed E-state index contributed by atoms with van der Waals surface area (Å²) in [5.41, 5.74) is 4.88. The molecule has 2 unspecified atom stereocenters. The van der Waals surface area contributed by atoms with Crippen molar-refractivity contribution in [1.82, 2.24) is 10.6 Å². The summed E-state index contributed by atoms with van der Waals surface area (Å²) < 4.78 is 10.6. The third-order valence-corrected chi connectivity index (χ3v) is 5.97. The van der Waals surface area contributed by atoms with Crippen LogP contribution in [-0.4, -0.2) is 20.1 Å². The van der Waals surface area contributed by atoms with Crippen LogP contribution in [-0.2, 0) is 17.6 Å². The zero-order chi connectivity index (χ0) is 23.1. The Morgan fingerprint density at radius 2 is 1.62 bits per heavy atom. The summed E-state index contributed by atoms with van der Waals surface area (Å²) in [5, 5.41) is 15.6. The van der Waals surface area contributed by atoms with Crippen molar-refractivity contribution >= 4 is 5.91 Å². The molecule has 6 nitrogen and oxygen atoms in total. The SMILES string of the molecule is COc1ccc(C(C)NC(=O)/C(C#N)=C\NC(C)c2ccc3c(c2)CCCC3)cc1OC. The molecule has 2 aromatic carbocycles. The van der Waals surface area contributed by atoms with Gasteiger partial charge in [0, 0.05) is 12.2 Å². The summed E-state index contributed by atoms with van der Waals surface area (Å²) >= 11 is 0. The first-order chi connectivity index (χ1) is 15.5. The molecule has 32 heavy (non-hydrogen) atoms. The lowest BCUT2D eigenvalue weighted by Gasteiger charge is -2.20. The highest BCUT2D eigenvalue weighted by Gasteiger charge is 2.17. The first kappa shape index (κ1) is 23.2. The maximum atomic E-state index is 12.7. The van der Waals surface area contributed by atoms with Crippen LogP contribution >= 0.6 is 0 Å². The standard InChI is InChI=1S/C26H31N3O3/c1-17(20-10-9-19-7-5-6-8-22(19)13-20)28-16-23(15-27)26(30)29-18(2)21-11-12-24(31-3)25(14-21)32-4/h9-14,16-18,28H,5-8H2,1-4H3,(H,29,30)/b23-16-. The van der Waals surface area contributed by atoms with Crippen molar-refractivity contribution in [3.05, 3.63) is 70.4 Å². The molecule has 0 spiro atoms. The number of nitriles is 1. The summed E-state index contributed by atoms with van der Waals surface area (Å²) in [6.07, 6.45) is 6.25. The van der Waals surface area contributed by atoms with Gasteiger partial charge in [0.1, 0.15) is 11.6 Å². The number of nitrogens with one attached hydrogen (secondary N) is 2. The molecule has 1 aliphatic carbocycles. The van der Waals surface area contributed by atoms with Crippen molar-refractivity contribution in [3.8, 4) is 17.6 Å². The van der Waals surface area contributed by atoms with Crippen molar-refractivity contribution in [2.45, 2.75) is 51.6 Å². The van der Waals surface area contributed by atoms with Gasteiger partial charge in [-0.3, -0.25) is 4.79 Å². The van der Waals surface area contributed by atoms with Gasteiger partial charge in [-0.25, -0.2) is 0 Å². The molecule has 0 aliphatic heterocycles. The van der Waals surface area contributed by atoms with Gasteiger partial charge in [0.25, 0.3) is 5.91 Å². The number of carbonyl (C=O) groups is 1. The first-order valence-corrected chi connectivity index (χ1v) is 11.0. The van der Waals surface area contributed by atoms with E-state index in [0.29, 0.717) is 11.5 Å². The fourth-order valence-electron chi connectivity index (χ4n) is 3.96. The van der Waals surface area contributed by atoms with Gasteiger partial charge < -0.3 is 20.1 Å². The highest BCUT2D eigenvalue weighted by molar-refractivity contribution is 5.97. The zero-order valence-electron chi connectivity index (χ0n) is 19.2. The zero-order valence-corrected chi connectivity index (χ0v) is 19.2. The predicted octanol–water partition coefficient (Wildman–Crippen LogP) is 4.52. The molecule has 6 heteroatoms. The molecule has 1 aliphatic rings. The van der Waals surface area contributed by atoms with Gasteiger partial charge in [0.15, 0.2) is 11.5 Å². The summed E-state index contributed by atoms with van der Waals surface area (Å²) in [5.74, 6) is 0.773. The average molecular weight is 434 g/mol. The van der Waals surface area contributed by atoms with Crippen molar-refractivity contribution in [2.75, 3.05) is 14.2 Å². The minimum Gasteiger partial charge on any atom is -0.493 e. The Labute approximate surface area is 190 Å². The van der Waals surface area contributed by atoms with E-state index in [9.17, 15) is 10.1 Å². The normalized spacial score (nSPS) is 15.0. The Kier molecular flexibility index (Phi) is 7.77. The van der Waals surface area contributed by atoms with Crippen LogP contribution < -0.4 is 20.1 Å². The topological polar surface area (TPSA) is 83.4 Å². The molecule has 2 atom stereocenters. The average Bonchev–Trinajstić information content (AvgIpc) is 2.83. The molecule has 0 fully saturated rings. The molecule has 0 aromatic heterocycles. The molecule has 168 valence electrons. The summed E-state index contributed by atoms with van der Waals surface area (Å²) in [7, 11) is 3.14. The summed E-state index contributed by atoms with van der Waals surface area (Å²) in [6.45, 7) is 3.89. The van der Waals surface area contributed by atoms with E-state index in [1.165, 1.54) is 30.2 Å². The van der Waals surface area contributed by atoms with E-state index >= 15 is 0 Å². The van der Waals surface area contributed by atoms with Crippen molar-refractivity contribution < 1.29 is 14.3 Å². The van der Waals surface area contributed by atoms with Gasteiger partial charge in [-0.1, -0.05) is 24.3 Å². The Balaban J connectivity index is 1.65. The van der Waals surface area contributed by atoms with Gasteiger partial charge >= 0.3 is 0 Å². The van der Waals surface area contributed by atoms with E-state index in [1.807, 2.05) is 32.0 Å². The number of rotatable bonds is 8. The van der Waals surface area contributed by atoms with Crippen LogP contribution in [0.5, 0.6) is 11.5 Å². The minimum atomic E-state index is -0.431. The molecule has 3 rings (SSSR count). The number of amides is 1. The molecule has 0 radical (unpaired) electrons. The largest absolute Gasteiger partial charge is 0.493 e. The van der Waals surface area contributed by atoms with Crippen LogP contribution in [0.4, 0.5) is 0 Å². The van der Waals surface area contributed by atoms with E-state index in [0.717, 1.165) is 24.0 Å². The van der Waals surface area contributed by atoms with Gasteiger partial charge in [-0.2, -0.15) is 5.26 Å². The third kappa shape index (κ3) is 5.42. The van der Waals surface area contributed by atoms with Gasteiger partial charge in [-0.05, 0) is 73.9 Å². The quantitative estimate of drug-likeness (QED) is 0.472. The Bertz CT molecular complexity index is 1040. The maximum Gasteiger partial charge on any atom is 0.263 e. The summed E-state index contributed by atoms with van der Waals surface area (Å²) in [6, 6.07) is 13.7. The number of methoxy groups -OCH3 is 2. The number of aryl methyl sites for hydroxylation is 2. The molecule has 0 bridgehead atoms. The van der Waals surface area contributed by atoms with Gasteiger partial charge in [0.2, 0.25) is 0 Å². The van der Waals surface area contributed by atoms with E-state index in [2.05, 4.69) is 28.8 Å². The second-order valence-electron chi connectivity index (χ2n) is 8.10. The van der Waals surface area contributed by atoms with E-state index in [1.54, 1.807) is 20.3 Å². The van der Waals surface area contributed by atoms with Gasteiger partial charge in [-0.15, -0.1) is 0 Å². The number of nitrogens with zero attached hydrogens (tertiary/aromatic N) is 1. The second kappa shape index (κ2) is 10.7. The molecule has 0 saturated heterocycles. The van der Waals surface area contributed by atoms with Crippen molar-refractivity contribution in [3.63, 3.8) is 0 Å². The smallest absolute Gasteiger partial charge is 0.263 e. The molecule has 2 aromatic rings. The fraction of sp³-hybridized carbons (Fsp3) is 0.385. The Hall–Kier alpha value is -3.46. The highest BCUT2D eigenvalue weighted by atomic mass is 16.5. The lowest BCUT2D eigenvalue weighted by Crippen LogP contribution is -2.28. The number of carbonyl (C=O) groups excluding carboxylic acids is 1. The Morgan fingerprint density at radius 1 is 0.969 bits per heavy atom. The third-order valence-electron chi connectivity index (χ3n) is 5.97. The maximum absolute atomic E-state index is 12.7. The highest BCUT2D eigenvalue weighted by Crippen LogP contribution is 2.30. The van der Waals surface area contributed by atoms with Crippen molar-refractivity contribution in [1.29, 1.82) is 5.26 Å². The van der Waals surface area contributed by atoms with Crippen LogP contribution in [0.2, 0.25) is 0 Å². The van der Waals surface area contributed by atoms with E-state index < -0.39 is 5.91 Å². The number of benzene rings is 2. The lowest BCUT2D eigenvalue weighted by molar-refractivity contribution is -0.117. The number of ether oxygens (including phenoxy) is 2. The van der Waals surface area contributed by atoms with Crippen LogP contribution in [0.1, 0.15) is 61.0 Å². The summed E-state index contributed by atoms with van der Waals surface area (Å²) in [4.78, 5) is 12.7. The molecule has 0 heterocycles. The van der Waals surface area contributed by atoms with Crippen LogP contribution in [0.3, 0.4) is 0 Å². The number of fused-ring (bicyclic) bond motifs is 1. The monoisotopic (exact) mass is 433 g/mol. The van der Waals surface area contributed by atoms with Gasteiger partial charge in [0.05, 0.1) is 20.3 Å². The second-order valence-corrected chi connectivity index (χ2v) is 8.10. The number of hydrogen-bond acceptors (Lipinski definition) is 5. The minimum absolute atomic E-state index is 0.0124. The number of hydrogen-bond donors (Lipinski definition) is 2. The molecular weight excluding hydrogens is 402 g/mol. The molecule has 2 N–H and O–H groups in total. The van der Waals surface area contributed by atoms with Crippen LogP contribution in [0, 0.1) is 11.3 Å². The van der Waals surface area contributed by atoms with Crippen LogP contribution in [0.25, 0.3) is 0 Å². The van der Waals surface area contributed by atoms with E-state index in [4.69, 9.17) is 9.47 Å². The fourth-order valence-corrected chi connectivity index (χ4v) is 3.96. The van der Waals surface area contributed by atoms with Crippen molar-refractivity contribution in [2.24, 2.45) is 0 Å². The molecule has 0 saturated carbocycles. The Morgan fingerprint density at radius 3 is 2.31 bits per heavy atom. The van der Waals surface area contributed by atoms with E-state index in [-0.39, 0.29) is 17.7 Å². The first-order valence-electron chi connectivity index (χ1n) is 11.0. The lowest BCUT2D eigenvalue weighted by atomic mass is 9.89.